The lowest BCUT2D eigenvalue weighted by Gasteiger charge is -2.08. The first-order valence-corrected chi connectivity index (χ1v) is 6.17. The lowest BCUT2D eigenvalue weighted by Crippen LogP contribution is -2.12. The van der Waals surface area contributed by atoms with Crippen molar-refractivity contribution in [2.45, 2.75) is 13.1 Å². The van der Waals surface area contributed by atoms with Crippen LogP contribution in [0, 0.1) is 0 Å². The molecule has 0 fully saturated rings. The zero-order chi connectivity index (χ0) is 13.1. The quantitative estimate of drug-likeness (QED) is 0.908. The second kappa shape index (κ2) is 5.61. The Labute approximate surface area is 115 Å². The number of hydrogen-bond donors (Lipinski definition) is 2. The third-order valence-corrected chi connectivity index (χ3v) is 3.02. The second-order valence-corrected chi connectivity index (χ2v) is 4.86. The van der Waals surface area contributed by atoms with Gasteiger partial charge in [-0.25, -0.2) is 0 Å². The highest BCUT2D eigenvalue weighted by Crippen LogP contribution is 2.30. The van der Waals surface area contributed by atoms with Crippen LogP contribution in [-0.2, 0) is 20.1 Å². The summed E-state index contributed by atoms with van der Waals surface area (Å²) in [6, 6.07) is 3.21. The summed E-state index contributed by atoms with van der Waals surface area (Å²) in [7, 11) is 1.87. The number of benzene rings is 1. The van der Waals surface area contributed by atoms with Crippen LogP contribution in [0.3, 0.4) is 0 Å². The number of aromatic nitrogens is 2. The normalized spacial score (nSPS) is 10.8. The molecule has 1 aromatic carbocycles. The van der Waals surface area contributed by atoms with Crippen LogP contribution in [0.25, 0.3) is 0 Å². The van der Waals surface area contributed by atoms with E-state index in [2.05, 4.69) is 10.4 Å². The van der Waals surface area contributed by atoms with E-state index in [1.54, 1.807) is 16.9 Å². The molecule has 0 aliphatic heterocycles. The van der Waals surface area contributed by atoms with Crippen molar-refractivity contribution in [3.63, 3.8) is 0 Å². The number of hydrogen-bond acceptors (Lipinski definition) is 3. The van der Waals surface area contributed by atoms with Gasteiger partial charge in [0.2, 0.25) is 0 Å². The summed E-state index contributed by atoms with van der Waals surface area (Å²) in [5.41, 5.74) is 1.75. The van der Waals surface area contributed by atoms with Gasteiger partial charge in [0.25, 0.3) is 0 Å². The molecule has 0 saturated heterocycles. The zero-order valence-electron chi connectivity index (χ0n) is 9.82. The van der Waals surface area contributed by atoms with Crippen molar-refractivity contribution in [2.24, 2.45) is 7.05 Å². The molecule has 18 heavy (non-hydrogen) atoms. The van der Waals surface area contributed by atoms with Crippen molar-refractivity contribution >= 4 is 23.2 Å². The Morgan fingerprint density at radius 1 is 1.33 bits per heavy atom. The van der Waals surface area contributed by atoms with Gasteiger partial charge in [-0.15, -0.1) is 0 Å². The molecular weight excluding hydrogens is 273 g/mol. The van der Waals surface area contributed by atoms with E-state index in [1.807, 2.05) is 13.2 Å². The highest BCUT2D eigenvalue weighted by Gasteiger charge is 2.07. The number of halogens is 2. The van der Waals surface area contributed by atoms with Gasteiger partial charge in [-0.05, 0) is 12.1 Å². The maximum Gasteiger partial charge on any atom is 0.138 e. The topological polar surface area (TPSA) is 50.1 Å². The summed E-state index contributed by atoms with van der Waals surface area (Å²) >= 11 is 11.7. The van der Waals surface area contributed by atoms with Crippen LogP contribution < -0.4 is 5.32 Å². The minimum Gasteiger partial charge on any atom is -0.506 e. The molecular formula is C12H13Cl2N3O. The molecule has 0 radical (unpaired) electrons. The molecule has 0 atom stereocenters. The summed E-state index contributed by atoms with van der Waals surface area (Å²) in [6.45, 7) is 1.15. The number of nitrogens with one attached hydrogen (secondary N) is 1. The van der Waals surface area contributed by atoms with Gasteiger partial charge in [0, 0.05) is 42.5 Å². The summed E-state index contributed by atoms with van der Waals surface area (Å²) < 4.78 is 1.74. The van der Waals surface area contributed by atoms with Gasteiger partial charge < -0.3 is 10.4 Å². The molecule has 0 bridgehead atoms. The Bertz CT molecular complexity index is 554. The Morgan fingerprint density at radius 2 is 2.11 bits per heavy atom. The van der Waals surface area contributed by atoms with Crippen LogP contribution in [-0.4, -0.2) is 14.9 Å². The molecule has 6 heteroatoms. The minimum atomic E-state index is 0.0692. The smallest absolute Gasteiger partial charge is 0.138 e. The van der Waals surface area contributed by atoms with E-state index in [4.69, 9.17) is 23.2 Å². The highest BCUT2D eigenvalue weighted by molar-refractivity contribution is 6.35. The highest BCUT2D eigenvalue weighted by atomic mass is 35.5. The van der Waals surface area contributed by atoms with Crippen molar-refractivity contribution in [1.82, 2.24) is 15.1 Å². The number of aromatic hydroxyl groups is 1. The first-order chi connectivity index (χ1) is 8.56. The molecule has 2 rings (SSSR count). The standard InChI is InChI=1S/C12H13Cl2N3O/c1-17-7-8(5-16-17)4-15-6-9-2-10(13)3-11(14)12(9)18/h2-3,5,7,15,18H,4,6H2,1H3. The van der Waals surface area contributed by atoms with Crippen molar-refractivity contribution in [1.29, 1.82) is 0 Å². The molecule has 0 aliphatic carbocycles. The van der Waals surface area contributed by atoms with Crippen molar-refractivity contribution in [3.8, 4) is 5.75 Å². The van der Waals surface area contributed by atoms with Gasteiger partial charge >= 0.3 is 0 Å². The van der Waals surface area contributed by atoms with Crippen LogP contribution in [0.5, 0.6) is 5.75 Å². The maximum absolute atomic E-state index is 9.78. The average molecular weight is 286 g/mol. The average Bonchev–Trinajstić information content (AvgIpc) is 2.71. The summed E-state index contributed by atoms with van der Waals surface area (Å²) in [5.74, 6) is 0.0692. The molecule has 96 valence electrons. The van der Waals surface area contributed by atoms with Crippen LogP contribution in [0.15, 0.2) is 24.5 Å². The summed E-state index contributed by atoms with van der Waals surface area (Å²) in [4.78, 5) is 0. The maximum atomic E-state index is 9.78. The van der Waals surface area contributed by atoms with Gasteiger partial charge in [-0.2, -0.15) is 5.10 Å². The predicted molar refractivity (Wildman–Crippen MR) is 71.9 cm³/mol. The molecule has 0 saturated carbocycles. The third-order valence-electron chi connectivity index (χ3n) is 2.51. The van der Waals surface area contributed by atoms with Crippen LogP contribution in [0.2, 0.25) is 10.0 Å². The number of aryl methyl sites for hydroxylation is 1. The molecule has 0 unspecified atom stereocenters. The Kier molecular flexibility index (Phi) is 4.11. The summed E-state index contributed by atoms with van der Waals surface area (Å²) in [6.07, 6.45) is 3.72. The van der Waals surface area contributed by atoms with Crippen LogP contribution in [0.4, 0.5) is 0 Å². The molecule has 2 N–H and O–H groups in total. The molecule has 2 aromatic rings. The van der Waals surface area contributed by atoms with E-state index in [1.165, 1.54) is 6.07 Å². The summed E-state index contributed by atoms with van der Waals surface area (Å²) in [5, 5.41) is 17.8. The van der Waals surface area contributed by atoms with Gasteiger partial charge in [-0.3, -0.25) is 4.68 Å². The molecule has 1 aromatic heterocycles. The van der Waals surface area contributed by atoms with Crippen molar-refractivity contribution in [2.75, 3.05) is 0 Å². The number of rotatable bonds is 4. The van der Waals surface area contributed by atoms with E-state index in [0.29, 0.717) is 23.7 Å². The Morgan fingerprint density at radius 3 is 2.78 bits per heavy atom. The van der Waals surface area contributed by atoms with Crippen molar-refractivity contribution in [3.05, 3.63) is 45.7 Å². The molecule has 0 spiro atoms. The number of phenols is 1. The van der Waals surface area contributed by atoms with Crippen molar-refractivity contribution < 1.29 is 5.11 Å². The second-order valence-electron chi connectivity index (χ2n) is 4.02. The molecule has 1 heterocycles. The number of nitrogens with zero attached hydrogens (tertiary/aromatic N) is 2. The number of phenolic OH excluding ortho intramolecular Hbond substituents is 1. The van der Waals surface area contributed by atoms with E-state index >= 15 is 0 Å². The minimum absolute atomic E-state index is 0.0692. The van der Waals surface area contributed by atoms with Crippen LogP contribution in [0.1, 0.15) is 11.1 Å². The van der Waals surface area contributed by atoms with Gasteiger partial charge in [0.05, 0.1) is 11.2 Å². The van der Waals surface area contributed by atoms with Gasteiger partial charge in [0.15, 0.2) is 0 Å². The fourth-order valence-corrected chi connectivity index (χ4v) is 2.19. The zero-order valence-corrected chi connectivity index (χ0v) is 11.3. The first kappa shape index (κ1) is 13.2. The van der Waals surface area contributed by atoms with Gasteiger partial charge in [0.1, 0.15) is 5.75 Å². The lowest BCUT2D eigenvalue weighted by atomic mass is 10.2. The predicted octanol–water partition coefficient (Wildman–Crippen LogP) is 2.72. The SMILES string of the molecule is Cn1cc(CNCc2cc(Cl)cc(Cl)c2O)cn1. The third kappa shape index (κ3) is 3.16. The van der Waals surface area contributed by atoms with Crippen LogP contribution >= 0.6 is 23.2 Å². The van der Waals surface area contributed by atoms with E-state index in [0.717, 1.165) is 5.56 Å². The van der Waals surface area contributed by atoms with Gasteiger partial charge in [-0.1, -0.05) is 23.2 Å². The first-order valence-electron chi connectivity index (χ1n) is 5.41. The fraction of sp³-hybridized carbons (Fsp3) is 0.250. The fourth-order valence-electron chi connectivity index (χ4n) is 1.66. The lowest BCUT2D eigenvalue weighted by molar-refractivity contribution is 0.464. The largest absolute Gasteiger partial charge is 0.506 e. The van der Waals surface area contributed by atoms with E-state index < -0.39 is 0 Å². The molecule has 4 nitrogen and oxygen atoms in total. The molecule has 0 amide bonds. The Balaban J connectivity index is 1.98. The molecule has 0 aliphatic rings. The van der Waals surface area contributed by atoms with E-state index in [9.17, 15) is 5.11 Å². The monoisotopic (exact) mass is 285 g/mol. The Hall–Kier alpha value is -1.23. The van der Waals surface area contributed by atoms with E-state index in [-0.39, 0.29) is 10.8 Å².